The van der Waals surface area contributed by atoms with Gasteiger partial charge in [0, 0.05) is 19.2 Å². The number of rotatable bonds is 9. The van der Waals surface area contributed by atoms with E-state index in [-0.39, 0.29) is 18.3 Å². The molecule has 0 aliphatic rings. The van der Waals surface area contributed by atoms with Crippen LogP contribution in [0.2, 0.25) is 0 Å². The molecular weight excluding hydrogens is 302 g/mol. The molecule has 0 radical (unpaired) electrons. The molecule has 0 aliphatic heterocycles. The maximum absolute atomic E-state index is 12.3. The van der Waals surface area contributed by atoms with Crippen LogP contribution in [-0.4, -0.2) is 36.5 Å². The molecular formula is C20H29NO3. The Balaban J connectivity index is 2.64. The predicted molar refractivity (Wildman–Crippen MR) is 97.7 cm³/mol. The van der Waals surface area contributed by atoms with Crippen molar-refractivity contribution < 1.29 is 14.3 Å². The lowest BCUT2D eigenvalue weighted by Gasteiger charge is -2.20. The lowest BCUT2D eigenvalue weighted by atomic mass is 10.0. The number of hydrogen-bond donors (Lipinski definition) is 0. The van der Waals surface area contributed by atoms with Crippen LogP contribution in [0.25, 0.3) is 6.08 Å². The quantitative estimate of drug-likeness (QED) is 0.507. The highest BCUT2D eigenvalue weighted by atomic mass is 16.5. The zero-order valence-corrected chi connectivity index (χ0v) is 15.2. The maximum Gasteiger partial charge on any atom is 0.307 e. The van der Waals surface area contributed by atoms with E-state index >= 15 is 0 Å². The highest BCUT2D eigenvalue weighted by Crippen LogP contribution is 2.15. The van der Waals surface area contributed by atoms with Crippen LogP contribution < -0.4 is 0 Å². The van der Waals surface area contributed by atoms with Crippen LogP contribution in [0.15, 0.2) is 30.3 Å². The molecule has 0 unspecified atom stereocenters. The van der Waals surface area contributed by atoms with Gasteiger partial charge in [0.15, 0.2) is 0 Å². The number of nitrogens with zero attached hydrogens (tertiary/aromatic N) is 1. The first-order valence-corrected chi connectivity index (χ1v) is 8.70. The third kappa shape index (κ3) is 6.99. The number of ether oxygens (including phenoxy) is 1. The van der Waals surface area contributed by atoms with Crippen LogP contribution in [0.5, 0.6) is 0 Å². The van der Waals surface area contributed by atoms with Crippen molar-refractivity contribution in [2.75, 3.05) is 19.7 Å². The Hall–Kier alpha value is -2.10. The van der Waals surface area contributed by atoms with E-state index in [0.29, 0.717) is 25.6 Å². The Morgan fingerprint density at radius 2 is 1.79 bits per heavy atom. The standard InChI is InChI=1S/C20H29NO3/c1-5-14-21(15-13-20(23)24-6-2)19(22)12-9-17-7-10-18(11-8-17)16(3)4/h7-12,16H,5-6,13-15H2,1-4H3/b12-9+. The maximum atomic E-state index is 12.3. The fourth-order valence-corrected chi connectivity index (χ4v) is 2.33. The van der Waals surface area contributed by atoms with Gasteiger partial charge in [-0.1, -0.05) is 45.0 Å². The second-order valence-electron chi connectivity index (χ2n) is 6.04. The summed E-state index contributed by atoms with van der Waals surface area (Å²) in [6, 6.07) is 8.20. The summed E-state index contributed by atoms with van der Waals surface area (Å²) in [6.45, 7) is 9.49. The Bertz CT molecular complexity index is 547. The summed E-state index contributed by atoms with van der Waals surface area (Å²) < 4.78 is 4.91. The van der Waals surface area contributed by atoms with E-state index in [1.807, 2.05) is 25.1 Å². The van der Waals surface area contributed by atoms with Crippen LogP contribution in [0.3, 0.4) is 0 Å². The summed E-state index contributed by atoms with van der Waals surface area (Å²) >= 11 is 0. The van der Waals surface area contributed by atoms with Gasteiger partial charge >= 0.3 is 5.97 Å². The van der Waals surface area contributed by atoms with Gasteiger partial charge in [0.05, 0.1) is 13.0 Å². The van der Waals surface area contributed by atoms with E-state index in [1.165, 1.54) is 5.56 Å². The molecule has 0 aromatic heterocycles. The van der Waals surface area contributed by atoms with E-state index in [1.54, 1.807) is 17.9 Å². The fourth-order valence-electron chi connectivity index (χ4n) is 2.33. The van der Waals surface area contributed by atoms with Crippen molar-refractivity contribution in [3.63, 3.8) is 0 Å². The molecule has 1 amide bonds. The van der Waals surface area contributed by atoms with Crippen LogP contribution >= 0.6 is 0 Å². The average Bonchev–Trinajstić information content (AvgIpc) is 2.57. The van der Waals surface area contributed by atoms with Crippen molar-refractivity contribution in [2.45, 2.75) is 46.5 Å². The van der Waals surface area contributed by atoms with E-state index in [9.17, 15) is 9.59 Å². The van der Waals surface area contributed by atoms with Gasteiger partial charge < -0.3 is 9.64 Å². The lowest BCUT2D eigenvalue weighted by Crippen LogP contribution is -2.32. The van der Waals surface area contributed by atoms with Crippen LogP contribution in [0.1, 0.15) is 57.6 Å². The minimum Gasteiger partial charge on any atom is -0.466 e. The normalized spacial score (nSPS) is 11.0. The van der Waals surface area contributed by atoms with Gasteiger partial charge in [-0.2, -0.15) is 0 Å². The minimum absolute atomic E-state index is 0.0749. The summed E-state index contributed by atoms with van der Waals surface area (Å²) in [7, 11) is 0. The second kappa shape index (κ2) is 10.6. The smallest absolute Gasteiger partial charge is 0.307 e. The van der Waals surface area contributed by atoms with E-state index in [4.69, 9.17) is 4.74 Å². The van der Waals surface area contributed by atoms with Gasteiger partial charge in [0.2, 0.25) is 5.91 Å². The Kier molecular flexibility index (Phi) is 8.84. The summed E-state index contributed by atoms with van der Waals surface area (Å²) in [6.07, 6.45) is 4.48. The molecule has 4 heteroatoms. The summed E-state index contributed by atoms with van der Waals surface area (Å²) in [5, 5.41) is 0. The number of benzene rings is 1. The van der Waals surface area contributed by atoms with Crippen molar-refractivity contribution in [1.29, 1.82) is 0 Å². The largest absolute Gasteiger partial charge is 0.466 e. The number of amides is 1. The van der Waals surface area contributed by atoms with Gasteiger partial charge in [-0.15, -0.1) is 0 Å². The van der Waals surface area contributed by atoms with Gasteiger partial charge in [0.25, 0.3) is 0 Å². The third-order valence-electron chi connectivity index (χ3n) is 3.72. The fraction of sp³-hybridized carbons (Fsp3) is 0.500. The van der Waals surface area contributed by atoms with Crippen molar-refractivity contribution in [3.8, 4) is 0 Å². The highest BCUT2D eigenvalue weighted by molar-refractivity contribution is 5.92. The molecule has 0 bridgehead atoms. The SMILES string of the molecule is CCCN(CCC(=O)OCC)C(=O)/C=C/c1ccc(C(C)C)cc1. The highest BCUT2D eigenvalue weighted by Gasteiger charge is 2.12. The second-order valence-corrected chi connectivity index (χ2v) is 6.04. The molecule has 4 nitrogen and oxygen atoms in total. The number of hydrogen-bond acceptors (Lipinski definition) is 3. The van der Waals surface area contributed by atoms with E-state index in [0.717, 1.165) is 12.0 Å². The molecule has 0 fully saturated rings. The topological polar surface area (TPSA) is 46.6 Å². The number of carbonyl (C=O) groups is 2. The van der Waals surface area contributed by atoms with Gasteiger partial charge in [0.1, 0.15) is 0 Å². The van der Waals surface area contributed by atoms with Gasteiger partial charge in [-0.25, -0.2) is 0 Å². The molecule has 1 rings (SSSR count). The minimum atomic E-state index is -0.264. The first-order valence-electron chi connectivity index (χ1n) is 8.70. The van der Waals surface area contributed by atoms with Crippen molar-refractivity contribution >= 4 is 18.0 Å². The summed E-state index contributed by atoms with van der Waals surface area (Å²) in [5.74, 6) is 0.154. The van der Waals surface area contributed by atoms with Crippen LogP contribution in [-0.2, 0) is 14.3 Å². The molecule has 1 aromatic carbocycles. The molecule has 0 saturated carbocycles. The molecule has 132 valence electrons. The molecule has 1 aromatic rings. The molecule has 0 spiro atoms. The zero-order valence-electron chi connectivity index (χ0n) is 15.2. The molecule has 24 heavy (non-hydrogen) atoms. The molecule has 0 atom stereocenters. The van der Waals surface area contributed by atoms with Crippen LogP contribution in [0.4, 0.5) is 0 Å². The molecule has 0 saturated heterocycles. The summed E-state index contributed by atoms with van der Waals surface area (Å²) in [4.78, 5) is 25.5. The summed E-state index contributed by atoms with van der Waals surface area (Å²) in [5.41, 5.74) is 2.27. The van der Waals surface area contributed by atoms with Crippen molar-refractivity contribution in [2.24, 2.45) is 0 Å². The predicted octanol–water partition coefficient (Wildman–Crippen LogP) is 4.02. The van der Waals surface area contributed by atoms with Crippen LogP contribution in [0, 0.1) is 0 Å². The van der Waals surface area contributed by atoms with Crippen molar-refractivity contribution in [3.05, 3.63) is 41.5 Å². The molecule has 0 N–H and O–H groups in total. The first-order chi connectivity index (χ1) is 11.5. The number of esters is 1. The van der Waals surface area contributed by atoms with Gasteiger partial charge in [-0.05, 0) is 36.5 Å². The van der Waals surface area contributed by atoms with E-state index in [2.05, 4.69) is 26.0 Å². The van der Waals surface area contributed by atoms with E-state index < -0.39 is 0 Å². The molecule has 0 aliphatic carbocycles. The Morgan fingerprint density at radius 3 is 2.33 bits per heavy atom. The van der Waals surface area contributed by atoms with Gasteiger partial charge in [-0.3, -0.25) is 9.59 Å². The molecule has 0 heterocycles. The monoisotopic (exact) mass is 331 g/mol. The average molecular weight is 331 g/mol. The Labute approximate surface area is 145 Å². The zero-order chi connectivity index (χ0) is 17.9. The Morgan fingerprint density at radius 1 is 1.12 bits per heavy atom. The third-order valence-corrected chi connectivity index (χ3v) is 3.72. The van der Waals surface area contributed by atoms with Crippen molar-refractivity contribution in [1.82, 2.24) is 4.90 Å². The lowest BCUT2D eigenvalue weighted by molar-refractivity contribution is -0.143. The first kappa shape index (κ1) is 19.9. The number of carbonyl (C=O) groups excluding carboxylic acids is 2.